The Bertz CT molecular complexity index is 791. The lowest BCUT2D eigenvalue weighted by molar-refractivity contribution is -0.192. The van der Waals surface area contributed by atoms with E-state index in [9.17, 15) is 21.6 Å². The highest BCUT2D eigenvalue weighted by atomic mass is 32.2. The minimum atomic E-state index is -5.08. The fourth-order valence-electron chi connectivity index (χ4n) is 3.16. The number of alkyl halides is 3. The summed E-state index contributed by atoms with van der Waals surface area (Å²) >= 11 is 0. The number of carbonyl (C=O) groups is 1. The highest BCUT2D eigenvalue weighted by Gasteiger charge is 2.38. The number of rotatable bonds is 5. The SMILES string of the molecule is CS(=O)(=O)NCc1cnc2n1CCN(CC1CCOC1)CC2.O=C(O)C(F)(F)F. The molecule has 3 rings (SSSR count). The molecule has 0 bridgehead atoms. The number of aromatic nitrogens is 2. The summed E-state index contributed by atoms with van der Waals surface area (Å²) in [6.07, 6.45) is -0.0524. The van der Waals surface area contributed by atoms with Gasteiger partial charge in [0.25, 0.3) is 0 Å². The Hall–Kier alpha value is -1.70. The molecule has 1 aromatic rings. The molecule has 1 saturated heterocycles. The molecule has 1 unspecified atom stereocenters. The third-order valence-corrected chi connectivity index (χ3v) is 5.28. The minimum absolute atomic E-state index is 0.308. The molecule has 3 heterocycles. The van der Waals surface area contributed by atoms with E-state index in [-0.39, 0.29) is 0 Å². The van der Waals surface area contributed by atoms with Crippen LogP contribution in [0.2, 0.25) is 0 Å². The summed E-state index contributed by atoms with van der Waals surface area (Å²) in [5, 5.41) is 7.12. The van der Waals surface area contributed by atoms with Gasteiger partial charge in [-0.2, -0.15) is 13.2 Å². The Balaban J connectivity index is 0.000000370. The Morgan fingerprint density at radius 1 is 1.38 bits per heavy atom. The largest absolute Gasteiger partial charge is 0.490 e. The van der Waals surface area contributed by atoms with Gasteiger partial charge < -0.3 is 19.3 Å². The number of hydrogen-bond donors (Lipinski definition) is 2. The van der Waals surface area contributed by atoms with Crippen LogP contribution in [-0.4, -0.2) is 79.2 Å². The molecule has 13 heteroatoms. The molecule has 1 fully saturated rings. The van der Waals surface area contributed by atoms with Crippen molar-refractivity contribution in [3.05, 3.63) is 17.7 Å². The second-order valence-corrected chi connectivity index (χ2v) is 8.83. The second-order valence-electron chi connectivity index (χ2n) is 6.99. The van der Waals surface area contributed by atoms with Gasteiger partial charge in [0.05, 0.1) is 25.1 Å². The summed E-state index contributed by atoms with van der Waals surface area (Å²) in [6, 6.07) is 0. The van der Waals surface area contributed by atoms with Crippen molar-refractivity contribution in [2.24, 2.45) is 5.92 Å². The molecule has 0 aliphatic carbocycles. The van der Waals surface area contributed by atoms with Gasteiger partial charge >= 0.3 is 12.1 Å². The van der Waals surface area contributed by atoms with Gasteiger partial charge in [0, 0.05) is 45.4 Å². The lowest BCUT2D eigenvalue weighted by atomic mass is 10.1. The molecule has 0 radical (unpaired) electrons. The van der Waals surface area contributed by atoms with Crippen molar-refractivity contribution in [3.63, 3.8) is 0 Å². The first-order valence-electron chi connectivity index (χ1n) is 9.04. The Morgan fingerprint density at radius 3 is 2.62 bits per heavy atom. The first-order valence-corrected chi connectivity index (χ1v) is 10.9. The van der Waals surface area contributed by atoms with E-state index >= 15 is 0 Å². The number of nitrogens with zero attached hydrogens (tertiary/aromatic N) is 3. The van der Waals surface area contributed by atoms with Crippen LogP contribution >= 0.6 is 0 Å². The Labute approximate surface area is 166 Å². The number of hydrogen-bond acceptors (Lipinski definition) is 6. The fourth-order valence-corrected chi connectivity index (χ4v) is 3.57. The molecule has 29 heavy (non-hydrogen) atoms. The Morgan fingerprint density at radius 2 is 2.07 bits per heavy atom. The van der Waals surface area contributed by atoms with Crippen molar-refractivity contribution < 1.29 is 36.2 Å². The number of aliphatic carboxylic acids is 1. The van der Waals surface area contributed by atoms with Crippen molar-refractivity contribution in [1.82, 2.24) is 19.2 Å². The zero-order valence-corrected chi connectivity index (χ0v) is 16.8. The second kappa shape index (κ2) is 9.87. The van der Waals surface area contributed by atoms with Gasteiger partial charge in [0.15, 0.2) is 0 Å². The molecule has 1 atom stereocenters. The molecule has 2 aliphatic heterocycles. The molecule has 0 amide bonds. The van der Waals surface area contributed by atoms with Crippen LogP contribution in [-0.2, 0) is 39.1 Å². The molecular weight excluding hydrogens is 417 g/mol. The third-order valence-electron chi connectivity index (χ3n) is 4.61. The molecule has 166 valence electrons. The first kappa shape index (κ1) is 23.6. The lowest BCUT2D eigenvalue weighted by Crippen LogP contribution is -2.32. The normalized spacial score (nSPS) is 20.5. The van der Waals surface area contributed by atoms with E-state index in [1.165, 1.54) is 6.26 Å². The maximum absolute atomic E-state index is 11.2. The number of imidazole rings is 1. The molecule has 0 aromatic carbocycles. The van der Waals surface area contributed by atoms with Crippen LogP contribution in [0.3, 0.4) is 0 Å². The number of fused-ring (bicyclic) bond motifs is 1. The van der Waals surface area contributed by atoms with Crippen LogP contribution in [0.1, 0.15) is 17.9 Å². The van der Waals surface area contributed by atoms with Crippen LogP contribution in [0.5, 0.6) is 0 Å². The molecule has 9 nitrogen and oxygen atoms in total. The summed E-state index contributed by atoms with van der Waals surface area (Å²) in [5.41, 5.74) is 0.937. The van der Waals surface area contributed by atoms with E-state index in [0.717, 1.165) is 63.8 Å². The Kier molecular flexibility index (Phi) is 8.02. The van der Waals surface area contributed by atoms with Gasteiger partial charge in [-0.05, 0) is 12.3 Å². The van der Waals surface area contributed by atoms with Gasteiger partial charge in [-0.1, -0.05) is 0 Å². The van der Waals surface area contributed by atoms with E-state index in [4.69, 9.17) is 14.6 Å². The summed E-state index contributed by atoms with van der Waals surface area (Å²) in [4.78, 5) is 15.8. The monoisotopic (exact) mass is 442 g/mol. The van der Waals surface area contributed by atoms with Gasteiger partial charge in [0.1, 0.15) is 5.82 Å². The van der Waals surface area contributed by atoms with Crippen molar-refractivity contribution >= 4 is 16.0 Å². The van der Waals surface area contributed by atoms with Crippen LogP contribution in [0, 0.1) is 5.92 Å². The standard InChI is InChI=1S/C14H24N4O3S.C2HF3O2/c1-22(19,20)16-9-13-8-15-14-2-4-17(5-6-18(13)14)10-12-3-7-21-11-12;3-2(4,5)1(6)7/h8,12,16H,2-7,9-11H2,1H3;(H,6,7). The average molecular weight is 442 g/mol. The maximum atomic E-state index is 11.2. The number of carboxylic acids is 1. The zero-order valence-electron chi connectivity index (χ0n) is 16.0. The number of nitrogens with one attached hydrogen (secondary N) is 1. The van der Waals surface area contributed by atoms with E-state index in [1.54, 1.807) is 6.20 Å². The van der Waals surface area contributed by atoms with Crippen LogP contribution in [0.15, 0.2) is 6.20 Å². The van der Waals surface area contributed by atoms with Gasteiger partial charge in [-0.15, -0.1) is 0 Å². The topological polar surface area (TPSA) is 114 Å². The lowest BCUT2D eigenvalue weighted by Gasteiger charge is -2.22. The maximum Gasteiger partial charge on any atom is 0.490 e. The van der Waals surface area contributed by atoms with Gasteiger partial charge in [-0.3, -0.25) is 0 Å². The van der Waals surface area contributed by atoms with Crippen molar-refractivity contribution in [2.45, 2.75) is 32.1 Å². The van der Waals surface area contributed by atoms with Crippen LogP contribution in [0.25, 0.3) is 0 Å². The summed E-state index contributed by atoms with van der Waals surface area (Å²) in [5.74, 6) is -1.06. The molecule has 2 aliphatic rings. The summed E-state index contributed by atoms with van der Waals surface area (Å²) < 4.78 is 64.4. The number of sulfonamides is 1. The van der Waals surface area contributed by atoms with Crippen molar-refractivity contribution in [1.29, 1.82) is 0 Å². The third kappa shape index (κ3) is 7.91. The van der Waals surface area contributed by atoms with Crippen molar-refractivity contribution in [3.8, 4) is 0 Å². The first-order chi connectivity index (χ1) is 13.5. The van der Waals surface area contributed by atoms with E-state index in [1.807, 2.05) is 0 Å². The van der Waals surface area contributed by atoms with Crippen LogP contribution in [0.4, 0.5) is 13.2 Å². The molecule has 2 N–H and O–H groups in total. The molecule has 1 aromatic heterocycles. The highest BCUT2D eigenvalue weighted by molar-refractivity contribution is 7.88. The average Bonchev–Trinajstić information content (AvgIpc) is 3.19. The van der Waals surface area contributed by atoms with Crippen molar-refractivity contribution in [2.75, 3.05) is 39.1 Å². The quantitative estimate of drug-likeness (QED) is 0.681. The summed E-state index contributed by atoms with van der Waals surface area (Å²) in [6.45, 7) is 6.01. The van der Waals surface area contributed by atoms with Crippen LogP contribution < -0.4 is 4.72 Å². The molecular formula is C16H25F3N4O5S. The van der Waals surface area contributed by atoms with Gasteiger partial charge in [0.2, 0.25) is 10.0 Å². The highest BCUT2D eigenvalue weighted by Crippen LogP contribution is 2.17. The zero-order chi connectivity index (χ0) is 21.7. The molecule has 0 saturated carbocycles. The fraction of sp³-hybridized carbons (Fsp3) is 0.750. The predicted octanol–water partition coefficient (Wildman–Crippen LogP) is 0.460. The van der Waals surface area contributed by atoms with Gasteiger partial charge in [-0.25, -0.2) is 22.9 Å². The minimum Gasteiger partial charge on any atom is -0.475 e. The number of carboxylic acid groups (broad SMARTS) is 1. The van der Waals surface area contributed by atoms with E-state index < -0.39 is 22.2 Å². The number of ether oxygens (including phenoxy) is 1. The molecule has 0 spiro atoms. The predicted molar refractivity (Wildman–Crippen MR) is 96.7 cm³/mol. The van der Waals surface area contributed by atoms with E-state index in [2.05, 4.69) is 19.2 Å². The number of halogens is 3. The summed E-state index contributed by atoms with van der Waals surface area (Å²) in [7, 11) is -3.18. The van der Waals surface area contributed by atoms with E-state index in [0.29, 0.717) is 12.5 Å². The smallest absolute Gasteiger partial charge is 0.475 e.